The molecule has 2 unspecified atom stereocenters. The summed E-state index contributed by atoms with van der Waals surface area (Å²) in [6, 6.07) is 0. The van der Waals surface area contributed by atoms with Gasteiger partial charge in [0.15, 0.2) is 0 Å². The van der Waals surface area contributed by atoms with E-state index in [1.807, 2.05) is 0 Å². The van der Waals surface area contributed by atoms with Gasteiger partial charge in [-0.3, -0.25) is 4.90 Å². The molecule has 2 nitrogen and oxygen atoms in total. The van der Waals surface area contributed by atoms with E-state index in [-0.39, 0.29) is 5.54 Å². The van der Waals surface area contributed by atoms with Crippen LogP contribution in [-0.4, -0.2) is 30.1 Å². The van der Waals surface area contributed by atoms with Crippen LogP contribution in [0.2, 0.25) is 0 Å². The first-order chi connectivity index (χ1) is 8.18. The van der Waals surface area contributed by atoms with E-state index in [9.17, 15) is 0 Å². The van der Waals surface area contributed by atoms with E-state index in [2.05, 4.69) is 39.5 Å². The van der Waals surface area contributed by atoms with E-state index in [1.54, 1.807) is 0 Å². The first-order valence-electron chi connectivity index (χ1n) is 7.63. The van der Waals surface area contributed by atoms with Crippen LogP contribution in [0.15, 0.2) is 0 Å². The van der Waals surface area contributed by atoms with Crippen molar-refractivity contribution in [3.63, 3.8) is 0 Å². The van der Waals surface area contributed by atoms with Gasteiger partial charge in [-0.15, -0.1) is 0 Å². The molecule has 1 saturated carbocycles. The third kappa shape index (κ3) is 2.75. The molecule has 0 amide bonds. The van der Waals surface area contributed by atoms with Crippen molar-refractivity contribution in [2.24, 2.45) is 22.5 Å². The standard InChI is InChI=1S/C16H32N2/c1-13-8-15(4,5)10-16(9-13,11-17)18-7-6-14(2,3)12-18/h13H,6-12,17H2,1-5H3. The van der Waals surface area contributed by atoms with Crippen molar-refractivity contribution < 1.29 is 0 Å². The molecule has 2 atom stereocenters. The van der Waals surface area contributed by atoms with Crippen LogP contribution in [0.1, 0.15) is 60.3 Å². The van der Waals surface area contributed by atoms with E-state index in [0.29, 0.717) is 10.8 Å². The minimum atomic E-state index is 0.273. The summed E-state index contributed by atoms with van der Waals surface area (Å²) >= 11 is 0. The Morgan fingerprint density at radius 2 is 1.78 bits per heavy atom. The Bertz CT molecular complexity index is 308. The largest absolute Gasteiger partial charge is 0.329 e. The quantitative estimate of drug-likeness (QED) is 0.817. The molecule has 1 aliphatic heterocycles. The van der Waals surface area contributed by atoms with Crippen LogP contribution in [0.5, 0.6) is 0 Å². The Morgan fingerprint density at radius 3 is 2.22 bits per heavy atom. The first-order valence-corrected chi connectivity index (χ1v) is 7.63. The summed E-state index contributed by atoms with van der Waals surface area (Å²) in [6.45, 7) is 15.4. The molecule has 1 saturated heterocycles. The number of hydrogen-bond acceptors (Lipinski definition) is 2. The fourth-order valence-electron chi connectivity index (χ4n) is 4.74. The van der Waals surface area contributed by atoms with E-state index in [0.717, 1.165) is 12.5 Å². The minimum Gasteiger partial charge on any atom is -0.329 e. The molecule has 2 N–H and O–H groups in total. The van der Waals surface area contributed by atoms with Gasteiger partial charge >= 0.3 is 0 Å². The lowest BCUT2D eigenvalue weighted by molar-refractivity contribution is -0.00296. The Labute approximate surface area is 113 Å². The highest BCUT2D eigenvalue weighted by molar-refractivity contribution is 5.04. The third-order valence-electron chi connectivity index (χ3n) is 5.17. The lowest BCUT2D eigenvalue weighted by atomic mass is 9.63. The molecule has 1 heterocycles. The molecule has 0 aromatic carbocycles. The molecule has 106 valence electrons. The average molecular weight is 252 g/mol. The van der Waals surface area contributed by atoms with Gasteiger partial charge in [-0.25, -0.2) is 0 Å². The lowest BCUT2D eigenvalue weighted by Crippen LogP contribution is -2.58. The smallest absolute Gasteiger partial charge is 0.0339 e. The van der Waals surface area contributed by atoms with Crippen molar-refractivity contribution in [3.05, 3.63) is 0 Å². The predicted octanol–water partition coefficient (Wildman–Crippen LogP) is 3.26. The van der Waals surface area contributed by atoms with Gasteiger partial charge in [-0.05, 0) is 49.0 Å². The van der Waals surface area contributed by atoms with Crippen molar-refractivity contribution >= 4 is 0 Å². The highest BCUT2D eigenvalue weighted by Crippen LogP contribution is 2.48. The Kier molecular flexibility index (Phi) is 3.57. The molecule has 0 aromatic heterocycles. The zero-order valence-electron chi connectivity index (χ0n) is 13.1. The monoisotopic (exact) mass is 252 g/mol. The Balaban J connectivity index is 2.20. The number of hydrogen-bond donors (Lipinski definition) is 1. The summed E-state index contributed by atoms with van der Waals surface area (Å²) in [5, 5.41) is 0. The molecule has 0 bridgehead atoms. The molecule has 2 aliphatic rings. The van der Waals surface area contributed by atoms with Crippen LogP contribution in [0.4, 0.5) is 0 Å². The average Bonchev–Trinajstić information content (AvgIpc) is 2.56. The fraction of sp³-hybridized carbons (Fsp3) is 1.00. The summed E-state index contributed by atoms with van der Waals surface area (Å²) in [5.74, 6) is 0.806. The molecular weight excluding hydrogens is 220 g/mol. The molecule has 1 aliphatic carbocycles. The van der Waals surface area contributed by atoms with Crippen molar-refractivity contribution in [1.29, 1.82) is 0 Å². The Morgan fingerprint density at radius 1 is 1.11 bits per heavy atom. The lowest BCUT2D eigenvalue weighted by Gasteiger charge is -2.52. The normalized spacial score (nSPS) is 40.0. The summed E-state index contributed by atoms with van der Waals surface area (Å²) in [4.78, 5) is 2.73. The number of likely N-dealkylation sites (tertiary alicyclic amines) is 1. The maximum atomic E-state index is 6.25. The minimum absolute atomic E-state index is 0.273. The predicted molar refractivity (Wildman–Crippen MR) is 78.6 cm³/mol. The van der Waals surface area contributed by atoms with Crippen LogP contribution in [0.3, 0.4) is 0 Å². The molecule has 0 aromatic rings. The molecule has 0 radical (unpaired) electrons. The van der Waals surface area contributed by atoms with Crippen molar-refractivity contribution in [1.82, 2.24) is 4.90 Å². The highest BCUT2D eigenvalue weighted by Gasteiger charge is 2.48. The van der Waals surface area contributed by atoms with Crippen molar-refractivity contribution in [3.8, 4) is 0 Å². The second kappa shape index (κ2) is 4.49. The van der Waals surface area contributed by atoms with E-state index < -0.39 is 0 Å². The molecule has 0 spiro atoms. The zero-order chi connectivity index (χ0) is 13.6. The van der Waals surface area contributed by atoms with Crippen LogP contribution in [-0.2, 0) is 0 Å². The number of rotatable bonds is 2. The first kappa shape index (κ1) is 14.3. The number of nitrogens with two attached hydrogens (primary N) is 1. The van der Waals surface area contributed by atoms with Crippen molar-refractivity contribution in [2.45, 2.75) is 65.8 Å². The van der Waals surface area contributed by atoms with Crippen LogP contribution in [0, 0.1) is 16.7 Å². The highest BCUT2D eigenvalue weighted by atomic mass is 15.2. The number of nitrogens with zero attached hydrogens (tertiary/aromatic N) is 1. The SMILES string of the molecule is CC1CC(C)(C)CC(CN)(N2CCC(C)(C)C2)C1. The summed E-state index contributed by atoms with van der Waals surface area (Å²) in [6.07, 6.45) is 5.25. The molecular formula is C16H32N2. The molecule has 2 fully saturated rings. The van der Waals surface area contributed by atoms with Gasteiger partial charge in [0.1, 0.15) is 0 Å². The molecule has 2 heteroatoms. The summed E-state index contributed by atoms with van der Waals surface area (Å²) in [7, 11) is 0. The maximum absolute atomic E-state index is 6.25. The van der Waals surface area contributed by atoms with Crippen LogP contribution in [0.25, 0.3) is 0 Å². The fourth-order valence-corrected chi connectivity index (χ4v) is 4.74. The van der Waals surface area contributed by atoms with Gasteiger partial charge in [0.05, 0.1) is 0 Å². The topological polar surface area (TPSA) is 29.3 Å². The van der Waals surface area contributed by atoms with Crippen LogP contribution >= 0.6 is 0 Å². The molecule has 18 heavy (non-hydrogen) atoms. The van der Waals surface area contributed by atoms with E-state index >= 15 is 0 Å². The van der Waals surface area contributed by atoms with Crippen molar-refractivity contribution in [2.75, 3.05) is 19.6 Å². The summed E-state index contributed by atoms with van der Waals surface area (Å²) < 4.78 is 0. The second-order valence-electron chi connectivity index (χ2n) is 8.62. The maximum Gasteiger partial charge on any atom is 0.0339 e. The zero-order valence-corrected chi connectivity index (χ0v) is 13.1. The van der Waals surface area contributed by atoms with Gasteiger partial charge in [0, 0.05) is 18.6 Å². The van der Waals surface area contributed by atoms with Gasteiger partial charge in [-0.2, -0.15) is 0 Å². The summed E-state index contributed by atoms with van der Waals surface area (Å²) in [5.41, 5.74) is 7.45. The van der Waals surface area contributed by atoms with E-state index in [4.69, 9.17) is 5.73 Å². The third-order valence-corrected chi connectivity index (χ3v) is 5.17. The van der Waals surface area contributed by atoms with Crippen LogP contribution < -0.4 is 5.73 Å². The van der Waals surface area contributed by atoms with Gasteiger partial charge < -0.3 is 5.73 Å². The molecule has 2 rings (SSSR count). The van der Waals surface area contributed by atoms with E-state index in [1.165, 1.54) is 38.8 Å². The van der Waals surface area contributed by atoms with Gasteiger partial charge in [-0.1, -0.05) is 34.6 Å². The Hall–Kier alpha value is -0.0800. The second-order valence-corrected chi connectivity index (χ2v) is 8.62. The van der Waals surface area contributed by atoms with Gasteiger partial charge in [0.25, 0.3) is 0 Å². The van der Waals surface area contributed by atoms with Gasteiger partial charge in [0.2, 0.25) is 0 Å².